The predicted molar refractivity (Wildman–Crippen MR) is 85.1 cm³/mol. The number of halogens is 3. The molecule has 0 radical (unpaired) electrons. The van der Waals surface area contributed by atoms with E-state index in [1.807, 2.05) is 25.7 Å². The summed E-state index contributed by atoms with van der Waals surface area (Å²) in [6.45, 7) is 7.43. The van der Waals surface area contributed by atoms with Crippen LogP contribution in [0.4, 0.5) is 30.6 Å². The zero-order chi connectivity index (χ0) is 17.0. The summed E-state index contributed by atoms with van der Waals surface area (Å²) in [7, 11) is 0. The summed E-state index contributed by atoms with van der Waals surface area (Å²) in [5.74, 6) is 1.16. The molecule has 0 amide bonds. The molecule has 1 N–H and O–H groups in total. The molecule has 7 heteroatoms. The minimum Gasteiger partial charge on any atom is -0.341 e. The van der Waals surface area contributed by atoms with Crippen LogP contribution in [0.15, 0.2) is 30.3 Å². The van der Waals surface area contributed by atoms with Gasteiger partial charge in [-0.1, -0.05) is 0 Å². The normalized spacial score (nSPS) is 11.4. The van der Waals surface area contributed by atoms with E-state index in [4.69, 9.17) is 0 Å². The van der Waals surface area contributed by atoms with Crippen LogP contribution in [0.5, 0.6) is 0 Å². The molecule has 0 saturated carbocycles. The van der Waals surface area contributed by atoms with Crippen LogP contribution in [0.3, 0.4) is 0 Å². The summed E-state index contributed by atoms with van der Waals surface area (Å²) in [4.78, 5) is 10.8. The zero-order valence-electron chi connectivity index (χ0n) is 13.3. The van der Waals surface area contributed by atoms with Crippen molar-refractivity contribution >= 4 is 17.5 Å². The van der Waals surface area contributed by atoms with Crippen LogP contribution in [0.1, 0.15) is 25.1 Å². The molecular weight excluding hydrogens is 305 g/mol. The summed E-state index contributed by atoms with van der Waals surface area (Å²) in [5, 5.41) is 3.02. The number of alkyl halides is 3. The number of anilines is 3. The van der Waals surface area contributed by atoms with E-state index in [-0.39, 0.29) is 0 Å². The molecule has 2 aromatic rings. The Balaban J connectivity index is 2.23. The molecule has 0 aliphatic heterocycles. The molecule has 0 bridgehead atoms. The number of nitrogens with one attached hydrogen (secondary N) is 1. The molecule has 1 heterocycles. The molecule has 0 aliphatic carbocycles. The van der Waals surface area contributed by atoms with Gasteiger partial charge in [-0.05, 0) is 45.0 Å². The smallest absolute Gasteiger partial charge is 0.341 e. The third-order valence-electron chi connectivity index (χ3n) is 3.37. The average Bonchev–Trinajstić information content (AvgIpc) is 2.47. The minimum absolute atomic E-state index is 0.543. The van der Waals surface area contributed by atoms with Gasteiger partial charge in [0.05, 0.1) is 5.56 Å². The van der Waals surface area contributed by atoms with Gasteiger partial charge in [-0.3, -0.25) is 0 Å². The average molecular weight is 324 g/mol. The van der Waals surface area contributed by atoms with Gasteiger partial charge >= 0.3 is 6.18 Å². The van der Waals surface area contributed by atoms with Crippen LogP contribution >= 0.6 is 0 Å². The molecule has 2 rings (SSSR count). The van der Waals surface area contributed by atoms with Crippen LogP contribution < -0.4 is 10.2 Å². The van der Waals surface area contributed by atoms with Crippen molar-refractivity contribution in [2.75, 3.05) is 23.3 Å². The molecule has 0 spiro atoms. The fraction of sp³-hybridized carbons (Fsp3) is 0.375. The Morgan fingerprint density at radius 2 is 1.65 bits per heavy atom. The summed E-state index contributed by atoms with van der Waals surface area (Å²) in [5.41, 5.74) is 0.656. The maximum absolute atomic E-state index is 12.6. The molecule has 0 saturated heterocycles. The highest BCUT2D eigenvalue weighted by atomic mass is 19.4. The Kier molecular flexibility index (Phi) is 5.08. The molecule has 4 nitrogen and oxygen atoms in total. The van der Waals surface area contributed by atoms with E-state index in [1.54, 1.807) is 6.07 Å². The number of benzene rings is 1. The Bertz CT molecular complexity index is 649. The summed E-state index contributed by atoms with van der Waals surface area (Å²) in [6, 6.07) is 6.61. The van der Waals surface area contributed by atoms with Gasteiger partial charge in [-0.15, -0.1) is 0 Å². The Morgan fingerprint density at radius 1 is 1.04 bits per heavy atom. The highest BCUT2D eigenvalue weighted by molar-refractivity contribution is 5.58. The standard InChI is InChI=1S/C16H19F3N4/c1-4-23(5-2)15-20-11(3)10-14(22-15)21-13-8-6-12(7-9-13)16(17,18)19/h6-10H,4-5H2,1-3H3,(H,20,21,22). The molecule has 0 aliphatic rings. The Hall–Kier alpha value is -2.31. The topological polar surface area (TPSA) is 41.1 Å². The third kappa shape index (κ3) is 4.34. The van der Waals surface area contributed by atoms with Crippen LogP contribution in [-0.2, 0) is 6.18 Å². The van der Waals surface area contributed by atoms with E-state index in [0.717, 1.165) is 30.9 Å². The van der Waals surface area contributed by atoms with Crippen molar-refractivity contribution in [1.29, 1.82) is 0 Å². The quantitative estimate of drug-likeness (QED) is 0.885. The van der Waals surface area contributed by atoms with Gasteiger partial charge in [-0.2, -0.15) is 18.2 Å². The fourth-order valence-corrected chi connectivity index (χ4v) is 2.16. The molecule has 0 atom stereocenters. The first kappa shape index (κ1) is 17.1. The van der Waals surface area contributed by atoms with Crippen molar-refractivity contribution in [1.82, 2.24) is 9.97 Å². The van der Waals surface area contributed by atoms with Crippen molar-refractivity contribution < 1.29 is 13.2 Å². The maximum atomic E-state index is 12.6. The number of hydrogen-bond donors (Lipinski definition) is 1. The molecule has 1 aromatic heterocycles. The number of hydrogen-bond acceptors (Lipinski definition) is 4. The molecule has 0 fully saturated rings. The largest absolute Gasteiger partial charge is 0.416 e. The molecule has 124 valence electrons. The second-order valence-electron chi connectivity index (χ2n) is 5.07. The third-order valence-corrected chi connectivity index (χ3v) is 3.37. The SMILES string of the molecule is CCN(CC)c1nc(C)cc(Nc2ccc(C(F)(F)F)cc2)n1. The number of rotatable bonds is 5. The second-order valence-corrected chi connectivity index (χ2v) is 5.07. The van der Waals surface area contributed by atoms with Crippen molar-refractivity contribution in [3.8, 4) is 0 Å². The van der Waals surface area contributed by atoms with Gasteiger partial charge in [-0.25, -0.2) is 4.98 Å². The summed E-state index contributed by atoms with van der Waals surface area (Å²) >= 11 is 0. The fourth-order valence-electron chi connectivity index (χ4n) is 2.16. The van der Waals surface area contributed by atoms with Gasteiger partial charge in [0, 0.05) is 30.5 Å². The van der Waals surface area contributed by atoms with Gasteiger partial charge in [0.15, 0.2) is 0 Å². The monoisotopic (exact) mass is 324 g/mol. The lowest BCUT2D eigenvalue weighted by Gasteiger charge is -2.19. The van der Waals surface area contributed by atoms with Crippen LogP contribution in [0, 0.1) is 6.92 Å². The second kappa shape index (κ2) is 6.85. The number of aromatic nitrogens is 2. The first-order valence-electron chi connectivity index (χ1n) is 7.38. The summed E-state index contributed by atoms with van der Waals surface area (Å²) in [6.07, 6.45) is -4.33. The van der Waals surface area contributed by atoms with Gasteiger partial charge in [0.2, 0.25) is 5.95 Å². The Morgan fingerprint density at radius 3 is 2.17 bits per heavy atom. The van der Waals surface area contributed by atoms with Gasteiger partial charge in [0.1, 0.15) is 5.82 Å². The molecule has 23 heavy (non-hydrogen) atoms. The van der Waals surface area contributed by atoms with Crippen LogP contribution in [0.2, 0.25) is 0 Å². The lowest BCUT2D eigenvalue weighted by atomic mass is 10.2. The van der Waals surface area contributed by atoms with Crippen LogP contribution in [0.25, 0.3) is 0 Å². The predicted octanol–water partition coefficient (Wildman–Crippen LogP) is 4.39. The van der Waals surface area contributed by atoms with E-state index in [1.165, 1.54) is 12.1 Å². The highest BCUT2D eigenvalue weighted by Gasteiger charge is 2.29. The van der Waals surface area contributed by atoms with Crippen molar-refractivity contribution in [2.45, 2.75) is 26.9 Å². The lowest BCUT2D eigenvalue weighted by Crippen LogP contribution is -2.24. The first-order chi connectivity index (χ1) is 10.8. The van der Waals surface area contributed by atoms with Crippen molar-refractivity contribution in [2.24, 2.45) is 0 Å². The van der Waals surface area contributed by atoms with Crippen molar-refractivity contribution in [3.63, 3.8) is 0 Å². The van der Waals surface area contributed by atoms with E-state index in [2.05, 4.69) is 15.3 Å². The molecule has 0 unspecified atom stereocenters. The van der Waals surface area contributed by atoms with Crippen LogP contribution in [-0.4, -0.2) is 23.1 Å². The first-order valence-corrected chi connectivity index (χ1v) is 7.38. The molecular formula is C16H19F3N4. The minimum atomic E-state index is -4.33. The lowest BCUT2D eigenvalue weighted by molar-refractivity contribution is -0.137. The van der Waals surface area contributed by atoms with Gasteiger partial charge < -0.3 is 10.2 Å². The maximum Gasteiger partial charge on any atom is 0.416 e. The van der Waals surface area contributed by atoms with E-state index >= 15 is 0 Å². The van der Waals surface area contributed by atoms with Crippen molar-refractivity contribution in [3.05, 3.63) is 41.6 Å². The Labute approximate surface area is 133 Å². The van der Waals surface area contributed by atoms with E-state index < -0.39 is 11.7 Å². The van der Waals surface area contributed by atoms with E-state index in [0.29, 0.717) is 17.5 Å². The number of aryl methyl sites for hydroxylation is 1. The summed E-state index contributed by atoms with van der Waals surface area (Å²) < 4.78 is 37.7. The number of nitrogens with zero attached hydrogens (tertiary/aromatic N) is 3. The molecule has 1 aromatic carbocycles. The van der Waals surface area contributed by atoms with Gasteiger partial charge in [0.25, 0.3) is 0 Å². The zero-order valence-corrected chi connectivity index (χ0v) is 13.3. The highest BCUT2D eigenvalue weighted by Crippen LogP contribution is 2.30. The van der Waals surface area contributed by atoms with E-state index in [9.17, 15) is 13.2 Å².